The number of anilines is 1. The third-order valence-corrected chi connectivity index (χ3v) is 3.90. The molecule has 2 unspecified atom stereocenters. The van der Waals surface area contributed by atoms with E-state index in [1.165, 1.54) is 4.57 Å². The molecule has 1 fully saturated rings. The Morgan fingerprint density at radius 2 is 2.37 bits per heavy atom. The Bertz CT molecular complexity index is 493. The van der Waals surface area contributed by atoms with E-state index in [4.69, 9.17) is 18.9 Å². The van der Waals surface area contributed by atoms with Crippen LogP contribution in [-0.4, -0.2) is 55.0 Å². The molecule has 1 aromatic heterocycles. The molecule has 102 valence electrons. The molecule has 0 amide bonds. The quantitative estimate of drug-likeness (QED) is 0.556. The van der Waals surface area contributed by atoms with Crippen LogP contribution in [0.2, 0.25) is 0 Å². The van der Waals surface area contributed by atoms with Crippen molar-refractivity contribution in [2.45, 2.75) is 31.6 Å². The van der Waals surface area contributed by atoms with Crippen LogP contribution in [0.25, 0.3) is 0 Å². The van der Waals surface area contributed by atoms with E-state index >= 15 is 0 Å². The molecule has 1 saturated heterocycles. The van der Waals surface area contributed by atoms with Crippen LogP contribution in [-0.2, 0) is 13.8 Å². The zero-order chi connectivity index (χ0) is 13.8. The second-order valence-electron chi connectivity index (χ2n) is 4.50. The van der Waals surface area contributed by atoms with Crippen LogP contribution >= 0.6 is 0 Å². The Morgan fingerprint density at radius 1 is 1.58 bits per heavy atom. The molecule has 2 rings (SSSR count). The van der Waals surface area contributed by atoms with Crippen LogP contribution in [0.15, 0.2) is 11.0 Å². The molecule has 0 aliphatic carbocycles. The fraction of sp³-hybridized carbons (Fsp3) is 0.636. The molecule has 1 aliphatic heterocycles. The van der Waals surface area contributed by atoms with Gasteiger partial charge in [0, 0.05) is 0 Å². The topological polar surface area (TPSA) is 105 Å². The predicted octanol–water partition coefficient (Wildman–Crippen LogP) is -0.896. The number of hydrogen-bond donors (Lipinski definition) is 2. The first kappa shape index (κ1) is 14.9. The number of nitrogen functional groups attached to an aromatic ring is 1. The van der Waals surface area contributed by atoms with Gasteiger partial charge in [-0.1, -0.05) is 0 Å². The third-order valence-electron chi connectivity index (χ3n) is 3.15. The van der Waals surface area contributed by atoms with E-state index in [2.05, 4.69) is 4.98 Å². The standard InChI is InChI=1S/C11H17N4O3.Tl/c12-4-3-7-5-15(11(17)14-10(7)13)9-2-1-8(6-16)18-9;/h5,8-9H,1-4,6,12H2,(H2,13,14,17);/q-1;+1. The minimum absolute atomic E-state index is 0.0670. The van der Waals surface area contributed by atoms with Crippen LogP contribution in [0.3, 0.4) is 0 Å². The van der Waals surface area contributed by atoms with Crippen molar-refractivity contribution in [2.24, 2.45) is 5.73 Å². The molecular formula is C11H17N4O3Tl. The van der Waals surface area contributed by atoms with Crippen molar-refractivity contribution in [3.8, 4) is 0 Å². The Kier molecular flexibility index (Phi) is 5.30. The second-order valence-corrected chi connectivity index (χ2v) is 5.80. The molecular weight excluding hydrogens is 441 g/mol. The Hall–Kier alpha value is -0.518. The molecule has 0 saturated carbocycles. The van der Waals surface area contributed by atoms with Gasteiger partial charge in [0.05, 0.1) is 0 Å². The van der Waals surface area contributed by atoms with E-state index in [-0.39, 0.29) is 23.8 Å². The van der Waals surface area contributed by atoms with Crippen molar-refractivity contribution in [3.05, 3.63) is 22.2 Å². The molecule has 0 radical (unpaired) electrons. The van der Waals surface area contributed by atoms with E-state index in [1.54, 1.807) is 6.20 Å². The van der Waals surface area contributed by atoms with Gasteiger partial charge in [0.2, 0.25) is 0 Å². The van der Waals surface area contributed by atoms with Gasteiger partial charge in [0.15, 0.2) is 0 Å². The van der Waals surface area contributed by atoms with Gasteiger partial charge < -0.3 is 0 Å². The van der Waals surface area contributed by atoms with Gasteiger partial charge in [-0.05, 0) is 0 Å². The fourth-order valence-electron chi connectivity index (χ4n) is 2.20. The summed E-state index contributed by atoms with van der Waals surface area (Å²) in [5.74, 6) is 0.255. The third kappa shape index (κ3) is 3.52. The Labute approximate surface area is 127 Å². The average molecular weight is 458 g/mol. The summed E-state index contributed by atoms with van der Waals surface area (Å²) < 4.78 is 12.5. The molecule has 0 aromatic carbocycles. The maximum absolute atomic E-state index is 11.9. The number of nitrogens with two attached hydrogens (primary N) is 2. The van der Waals surface area contributed by atoms with Crippen molar-refractivity contribution >= 4 is 32.0 Å². The van der Waals surface area contributed by atoms with Crippen LogP contribution in [0.4, 0.5) is 5.82 Å². The van der Waals surface area contributed by atoms with Gasteiger partial charge >= 0.3 is 127 Å². The molecule has 1 aromatic rings. The van der Waals surface area contributed by atoms with Crippen LogP contribution < -0.4 is 17.2 Å². The Morgan fingerprint density at radius 3 is 3.05 bits per heavy atom. The summed E-state index contributed by atoms with van der Waals surface area (Å²) in [6.45, 7) is 1.07. The summed E-state index contributed by atoms with van der Waals surface area (Å²) in [5, 5.41) is 0. The number of nitrogens with zero attached hydrogens (tertiary/aromatic N) is 2. The van der Waals surface area contributed by atoms with E-state index in [0.717, 1.165) is 18.4 Å². The summed E-state index contributed by atoms with van der Waals surface area (Å²) in [7, 11) is 0. The fourth-order valence-corrected chi connectivity index (χ4v) is 3.03. The van der Waals surface area contributed by atoms with Crippen molar-refractivity contribution in [1.29, 1.82) is 0 Å². The molecule has 19 heavy (non-hydrogen) atoms. The van der Waals surface area contributed by atoms with Crippen LogP contribution in [0.1, 0.15) is 24.6 Å². The monoisotopic (exact) mass is 458 g/mol. The zero-order valence-electron chi connectivity index (χ0n) is 10.6. The van der Waals surface area contributed by atoms with Gasteiger partial charge in [0.25, 0.3) is 0 Å². The number of aromatic nitrogens is 2. The molecule has 0 bridgehead atoms. The van der Waals surface area contributed by atoms with Gasteiger partial charge in [-0.3, -0.25) is 0 Å². The SMILES string of the molecule is NCCc1cn(C2CCC(C[O][Tl])O2)c(=O)nc1N. The Balaban J connectivity index is 2.20. The molecule has 8 heteroatoms. The maximum atomic E-state index is 11.9. The predicted molar refractivity (Wildman–Crippen MR) is 70.5 cm³/mol. The first-order valence-electron chi connectivity index (χ1n) is 6.20. The molecule has 2 heterocycles. The second kappa shape index (κ2) is 6.77. The molecule has 0 spiro atoms. The number of ether oxygens (including phenoxy) is 1. The first-order chi connectivity index (χ1) is 9.15. The van der Waals surface area contributed by atoms with Crippen molar-refractivity contribution in [2.75, 3.05) is 18.9 Å². The zero-order valence-corrected chi connectivity index (χ0v) is 15.1. The number of rotatable bonds is 5. The van der Waals surface area contributed by atoms with Crippen molar-refractivity contribution in [1.82, 2.24) is 9.55 Å². The van der Waals surface area contributed by atoms with E-state index in [1.807, 2.05) is 0 Å². The van der Waals surface area contributed by atoms with Crippen LogP contribution in [0.5, 0.6) is 0 Å². The summed E-state index contributed by atoms with van der Waals surface area (Å²) in [5.41, 5.74) is 11.6. The van der Waals surface area contributed by atoms with Crippen molar-refractivity contribution < 1.29 is 7.42 Å². The summed E-state index contributed by atoms with van der Waals surface area (Å²) in [6, 6.07) is 0. The molecule has 2 atom stereocenters. The normalized spacial score (nSPS) is 22.7. The average Bonchev–Trinajstić information content (AvgIpc) is 2.82. The van der Waals surface area contributed by atoms with Gasteiger partial charge in [-0.2, -0.15) is 0 Å². The van der Waals surface area contributed by atoms with E-state index < -0.39 is 0 Å². The summed E-state index contributed by atoms with van der Waals surface area (Å²) in [6.07, 6.45) is 3.78. The van der Waals surface area contributed by atoms with Crippen molar-refractivity contribution in [3.63, 3.8) is 0 Å². The molecule has 1 aliphatic rings. The van der Waals surface area contributed by atoms with Crippen LogP contribution in [0, 0.1) is 0 Å². The molecule has 4 N–H and O–H groups in total. The van der Waals surface area contributed by atoms with Gasteiger partial charge in [-0.25, -0.2) is 0 Å². The molecule has 7 nitrogen and oxygen atoms in total. The minimum atomic E-state index is -0.377. The van der Waals surface area contributed by atoms with E-state index in [0.29, 0.717) is 45.8 Å². The summed E-state index contributed by atoms with van der Waals surface area (Å²) in [4.78, 5) is 15.7. The first-order valence-corrected chi connectivity index (χ1v) is 8.03. The van der Waals surface area contributed by atoms with Gasteiger partial charge in [-0.15, -0.1) is 0 Å². The van der Waals surface area contributed by atoms with E-state index in [9.17, 15) is 4.79 Å². The van der Waals surface area contributed by atoms with Gasteiger partial charge in [0.1, 0.15) is 0 Å². The number of hydrogen-bond acceptors (Lipinski definition) is 6. The summed E-state index contributed by atoms with van der Waals surface area (Å²) >= 11 is 0.504.